The van der Waals surface area contributed by atoms with Gasteiger partial charge in [-0.15, -0.1) is 0 Å². The Morgan fingerprint density at radius 3 is 2.76 bits per heavy atom. The molecular weight excluding hydrogens is 214 g/mol. The van der Waals surface area contributed by atoms with E-state index in [1.807, 2.05) is 18.2 Å². The molecule has 0 fully saturated rings. The third kappa shape index (κ3) is 7.10. The summed E-state index contributed by atoms with van der Waals surface area (Å²) in [4.78, 5) is 0. The van der Waals surface area contributed by atoms with Crippen LogP contribution in [-0.4, -0.2) is 31.0 Å². The number of rotatable bonds is 9. The Morgan fingerprint density at radius 2 is 2.06 bits per heavy atom. The molecule has 3 nitrogen and oxygen atoms in total. The highest BCUT2D eigenvalue weighted by molar-refractivity contribution is 5.14. The van der Waals surface area contributed by atoms with E-state index in [1.54, 1.807) is 0 Å². The number of hydrogen-bond donors (Lipinski definition) is 2. The lowest BCUT2D eigenvalue weighted by Crippen LogP contribution is -2.30. The number of unbranched alkanes of at least 4 members (excludes halogenated alkanes) is 1. The molecule has 0 aliphatic heterocycles. The molecule has 0 unspecified atom stereocenters. The maximum Gasteiger partial charge on any atom is 0.0897 e. The number of hydrogen-bond acceptors (Lipinski definition) is 3. The van der Waals surface area contributed by atoms with Crippen LogP contribution in [-0.2, 0) is 11.3 Å². The van der Waals surface area contributed by atoms with Gasteiger partial charge in [0.25, 0.3) is 0 Å². The quantitative estimate of drug-likeness (QED) is 0.645. The fourth-order valence-corrected chi connectivity index (χ4v) is 1.50. The van der Waals surface area contributed by atoms with Gasteiger partial charge in [-0.05, 0) is 12.0 Å². The molecule has 0 radical (unpaired) electrons. The Morgan fingerprint density at radius 1 is 1.29 bits per heavy atom. The molecule has 0 saturated carbocycles. The topological polar surface area (TPSA) is 41.5 Å². The van der Waals surface area contributed by atoms with Gasteiger partial charge >= 0.3 is 0 Å². The largest absolute Gasteiger partial charge is 0.389 e. The second-order valence-corrected chi connectivity index (χ2v) is 4.20. The first kappa shape index (κ1) is 14.2. The second kappa shape index (κ2) is 9.16. The number of benzene rings is 1. The SMILES string of the molecule is CCCCOC[C@H](O)CNCc1ccccc1. The lowest BCUT2D eigenvalue weighted by atomic mass is 10.2. The number of nitrogens with one attached hydrogen (secondary N) is 1. The Bertz CT molecular complexity index is 277. The van der Waals surface area contributed by atoms with Crippen molar-refractivity contribution in [2.24, 2.45) is 0 Å². The molecule has 0 bridgehead atoms. The maximum atomic E-state index is 9.64. The van der Waals surface area contributed by atoms with E-state index in [-0.39, 0.29) is 0 Å². The van der Waals surface area contributed by atoms with Gasteiger partial charge in [-0.1, -0.05) is 43.7 Å². The zero-order valence-electron chi connectivity index (χ0n) is 10.6. The van der Waals surface area contributed by atoms with Gasteiger partial charge in [0.05, 0.1) is 12.7 Å². The van der Waals surface area contributed by atoms with E-state index >= 15 is 0 Å². The van der Waals surface area contributed by atoms with Crippen LogP contribution in [0.5, 0.6) is 0 Å². The van der Waals surface area contributed by atoms with Gasteiger partial charge < -0.3 is 15.2 Å². The predicted molar refractivity (Wildman–Crippen MR) is 69.9 cm³/mol. The predicted octanol–water partition coefficient (Wildman–Crippen LogP) is 1.95. The van der Waals surface area contributed by atoms with Gasteiger partial charge in [0, 0.05) is 19.7 Å². The van der Waals surface area contributed by atoms with Crippen LogP contribution in [0.25, 0.3) is 0 Å². The zero-order valence-corrected chi connectivity index (χ0v) is 10.6. The molecule has 0 aromatic heterocycles. The standard InChI is InChI=1S/C14H23NO2/c1-2-3-9-17-12-14(16)11-15-10-13-7-5-4-6-8-13/h4-8,14-16H,2-3,9-12H2,1H3/t14-/m1/s1. The van der Waals surface area contributed by atoms with Crippen molar-refractivity contribution in [2.75, 3.05) is 19.8 Å². The minimum atomic E-state index is -0.421. The lowest BCUT2D eigenvalue weighted by molar-refractivity contribution is 0.0358. The van der Waals surface area contributed by atoms with E-state index in [0.717, 1.165) is 26.0 Å². The minimum absolute atomic E-state index is 0.418. The van der Waals surface area contributed by atoms with E-state index in [9.17, 15) is 5.11 Å². The summed E-state index contributed by atoms with van der Waals surface area (Å²) in [5.74, 6) is 0. The Kier molecular flexibility index (Phi) is 7.63. The molecule has 1 atom stereocenters. The first-order chi connectivity index (χ1) is 8.33. The van der Waals surface area contributed by atoms with E-state index in [4.69, 9.17) is 4.74 Å². The molecule has 0 spiro atoms. The summed E-state index contributed by atoms with van der Waals surface area (Å²) in [5.41, 5.74) is 1.23. The van der Waals surface area contributed by atoms with Crippen molar-refractivity contribution in [3.05, 3.63) is 35.9 Å². The van der Waals surface area contributed by atoms with Crippen LogP contribution in [0.15, 0.2) is 30.3 Å². The molecular formula is C14H23NO2. The summed E-state index contributed by atoms with van der Waals surface area (Å²) in [7, 11) is 0. The van der Waals surface area contributed by atoms with Crippen LogP contribution < -0.4 is 5.32 Å². The highest BCUT2D eigenvalue weighted by atomic mass is 16.5. The fourth-order valence-electron chi connectivity index (χ4n) is 1.50. The summed E-state index contributed by atoms with van der Waals surface area (Å²) in [6.07, 6.45) is 1.77. The summed E-state index contributed by atoms with van der Waals surface area (Å²) in [6, 6.07) is 10.2. The molecule has 17 heavy (non-hydrogen) atoms. The van der Waals surface area contributed by atoms with Crippen molar-refractivity contribution in [2.45, 2.75) is 32.4 Å². The molecule has 1 aromatic carbocycles. The van der Waals surface area contributed by atoms with Crippen LogP contribution in [0, 0.1) is 0 Å². The molecule has 0 aliphatic carbocycles. The summed E-state index contributed by atoms with van der Waals surface area (Å²) in [5, 5.41) is 12.9. The molecule has 0 heterocycles. The van der Waals surface area contributed by atoms with Gasteiger partial charge in [0.15, 0.2) is 0 Å². The summed E-state index contributed by atoms with van der Waals surface area (Å²) >= 11 is 0. The van der Waals surface area contributed by atoms with Crippen molar-refractivity contribution in [3.8, 4) is 0 Å². The normalized spacial score (nSPS) is 12.6. The monoisotopic (exact) mass is 237 g/mol. The van der Waals surface area contributed by atoms with Crippen LogP contribution in [0.2, 0.25) is 0 Å². The molecule has 0 aliphatic rings. The molecule has 0 saturated heterocycles. The van der Waals surface area contributed by atoms with Crippen LogP contribution in [0.3, 0.4) is 0 Å². The number of aliphatic hydroxyl groups excluding tert-OH is 1. The zero-order chi connectivity index (χ0) is 12.3. The van der Waals surface area contributed by atoms with Crippen molar-refractivity contribution < 1.29 is 9.84 Å². The summed E-state index contributed by atoms with van der Waals surface area (Å²) in [6.45, 7) is 4.64. The van der Waals surface area contributed by atoms with Crippen LogP contribution in [0.4, 0.5) is 0 Å². The van der Waals surface area contributed by atoms with E-state index in [2.05, 4.69) is 24.4 Å². The second-order valence-electron chi connectivity index (χ2n) is 4.20. The molecule has 1 aromatic rings. The van der Waals surface area contributed by atoms with E-state index in [0.29, 0.717) is 13.2 Å². The van der Waals surface area contributed by atoms with E-state index < -0.39 is 6.10 Å². The van der Waals surface area contributed by atoms with Crippen molar-refractivity contribution >= 4 is 0 Å². The van der Waals surface area contributed by atoms with Crippen molar-refractivity contribution in [1.29, 1.82) is 0 Å². The third-order valence-electron chi connectivity index (χ3n) is 2.50. The van der Waals surface area contributed by atoms with Crippen LogP contribution in [0.1, 0.15) is 25.3 Å². The first-order valence-corrected chi connectivity index (χ1v) is 6.33. The van der Waals surface area contributed by atoms with Gasteiger partial charge in [-0.2, -0.15) is 0 Å². The van der Waals surface area contributed by atoms with Crippen LogP contribution >= 0.6 is 0 Å². The van der Waals surface area contributed by atoms with Crippen molar-refractivity contribution in [1.82, 2.24) is 5.32 Å². The van der Waals surface area contributed by atoms with Gasteiger partial charge in [0.1, 0.15) is 0 Å². The van der Waals surface area contributed by atoms with E-state index in [1.165, 1.54) is 5.56 Å². The molecule has 2 N–H and O–H groups in total. The van der Waals surface area contributed by atoms with Gasteiger partial charge in [-0.25, -0.2) is 0 Å². The van der Waals surface area contributed by atoms with Gasteiger partial charge in [0.2, 0.25) is 0 Å². The smallest absolute Gasteiger partial charge is 0.0897 e. The van der Waals surface area contributed by atoms with Crippen molar-refractivity contribution in [3.63, 3.8) is 0 Å². The lowest BCUT2D eigenvalue weighted by Gasteiger charge is -2.12. The first-order valence-electron chi connectivity index (χ1n) is 6.33. The molecule has 96 valence electrons. The Balaban J connectivity index is 2.02. The minimum Gasteiger partial charge on any atom is -0.389 e. The molecule has 3 heteroatoms. The summed E-state index contributed by atoms with van der Waals surface area (Å²) < 4.78 is 5.35. The van der Waals surface area contributed by atoms with Gasteiger partial charge in [-0.3, -0.25) is 0 Å². The Labute approximate surface area is 104 Å². The highest BCUT2D eigenvalue weighted by Gasteiger charge is 2.03. The number of aliphatic hydroxyl groups is 1. The maximum absolute atomic E-state index is 9.64. The molecule has 0 amide bonds. The highest BCUT2D eigenvalue weighted by Crippen LogP contribution is 1.97. The molecule has 1 rings (SSSR count). The average Bonchev–Trinajstić information content (AvgIpc) is 2.36. The Hall–Kier alpha value is -0.900. The number of ether oxygens (including phenoxy) is 1. The average molecular weight is 237 g/mol. The fraction of sp³-hybridized carbons (Fsp3) is 0.571. The third-order valence-corrected chi connectivity index (χ3v) is 2.50.